The van der Waals surface area contributed by atoms with Gasteiger partial charge in [0, 0.05) is 22.6 Å². The first-order chi connectivity index (χ1) is 11.1. The summed E-state index contributed by atoms with van der Waals surface area (Å²) in [6, 6.07) is 14.6. The molecule has 0 aliphatic rings. The molecule has 1 amide bonds. The first-order valence-electron chi connectivity index (χ1n) is 7.30. The molecule has 23 heavy (non-hydrogen) atoms. The monoisotopic (exact) mass is 370 g/mol. The third-order valence-electron chi connectivity index (χ3n) is 3.70. The highest BCUT2D eigenvalue weighted by molar-refractivity contribution is 9.10. The standard InChI is InChI=1S/C18H15BrN2O2/c1-2-21-11-13(17(22)12-7-3-6-10-16(12)21)18(23)20-15-9-5-4-8-14(15)19/h3-11H,2H2,1H3,(H,20,23). The lowest BCUT2D eigenvalue weighted by molar-refractivity contribution is 0.102. The maximum absolute atomic E-state index is 12.6. The Balaban J connectivity index is 2.09. The molecule has 0 aliphatic heterocycles. The molecule has 116 valence electrons. The number of para-hydroxylation sites is 2. The highest BCUT2D eigenvalue weighted by atomic mass is 79.9. The van der Waals surface area contributed by atoms with Gasteiger partial charge in [0.1, 0.15) is 5.56 Å². The van der Waals surface area contributed by atoms with Crippen LogP contribution in [0.4, 0.5) is 5.69 Å². The lowest BCUT2D eigenvalue weighted by Crippen LogP contribution is -2.24. The number of carbonyl (C=O) groups is 1. The molecule has 1 aromatic heterocycles. The zero-order valence-corrected chi connectivity index (χ0v) is 14.1. The smallest absolute Gasteiger partial charge is 0.261 e. The number of pyridine rings is 1. The van der Waals surface area contributed by atoms with Crippen LogP contribution >= 0.6 is 15.9 Å². The van der Waals surface area contributed by atoms with Gasteiger partial charge < -0.3 is 9.88 Å². The summed E-state index contributed by atoms with van der Waals surface area (Å²) in [5.74, 6) is -0.408. The van der Waals surface area contributed by atoms with Crippen molar-refractivity contribution in [1.82, 2.24) is 4.57 Å². The van der Waals surface area contributed by atoms with Gasteiger partial charge in [0.25, 0.3) is 5.91 Å². The van der Waals surface area contributed by atoms with E-state index in [9.17, 15) is 9.59 Å². The van der Waals surface area contributed by atoms with E-state index in [-0.39, 0.29) is 11.0 Å². The van der Waals surface area contributed by atoms with Gasteiger partial charge in [-0.25, -0.2) is 0 Å². The van der Waals surface area contributed by atoms with E-state index in [1.165, 1.54) is 0 Å². The second-order valence-electron chi connectivity index (χ2n) is 5.11. The molecule has 0 aliphatic carbocycles. The Morgan fingerprint density at radius 1 is 1.13 bits per heavy atom. The molecule has 0 bridgehead atoms. The predicted octanol–water partition coefficient (Wildman–Crippen LogP) is 4.04. The van der Waals surface area contributed by atoms with Crippen LogP contribution in [0, 0.1) is 0 Å². The molecule has 1 heterocycles. The number of benzene rings is 2. The lowest BCUT2D eigenvalue weighted by Gasteiger charge is -2.12. The fraction of sp³-hybridized carbons (Fsp3) is 0.111. The van der Waals surface area contributed by atoms with Gasteiger partial charge >= 0.3 is 0 Å². The number of nitrogens with one attached hydrogen (secondary N) is 1. The SMILES string of the molecule is CCn1cc(C(=O)Nc2ccccc2Br)c(=O)c2ccccc21. The lowest BCUT2D eigenvalue weighted by atomic mass is 10.1. The number of rotatable bonds is 3. The molecule has 0 unspecified atom stereocenters. The van der Waals surface area contributed by atoms with Gasteiger partial charge in [0.05, 0.1) is 11.2 Å². The van der Waals surface area contributed by atoms with Crippen molar-refractivity contribution < 1.29 is 4.79 Å². The number of hydrogen-bond donors (Lipinski definition) is 1. The Hall–Kier alpha value is -2.40. The first kappa shape index (κ1) is 15.5. The minimum Gasteiger partial charge on any atom is -0.347 e. The van der Waals surface area contributed by atoms with E-state index in [1.807, 2.05) is 41.8 Å². The van der Waals surface area contributed by atoms with Crippen molar-refractivity contribution in [2.24, 2.45) is 0 Å². The number of amides is 1. The van der Waals surface area contributed by atoms with E-state index in [1.54, 1.807) is 24.4 Å². The van der Waals surface area contributed by atoms with Gasteiger partial charge in [0.15, 0.2) is 0 Å². The third-order valence-corrected chi connectivity index (χ3v) is 4.39. The second-order valence-corrected chi connectivity index (χ2v) is 5.96. The molecule has 2 aromatic carbocycles. The molecule has 0 fully saturated rings. The first-order valence-corrected chi connectivity index (χ1v) is 8.09. The fourth-order valence-corrected chi connectivity index (χ4v) is 2.90. The van der Waals surface area contributed by atoms with Crippen molar-refractivity contribution in [2.75, 3.05) is 5.32 Å². The number of aromatic nitrogens is 1. The van der Waals surface area contributed by atoms with Crippen LogP contribution in [-0.2, 0) is 6.54 Å². The molecule has 5 heteroatoms. The van der Waals surface area contributed by atoms with Crippen LogP contribution < -0.4 is 10.7 Å². The Morgan fingerprint density at radius 2 is 1.83 bits per heavy atom. The zero-order chi connectivity index (χ0) is 16.4. The van der Waals surface area contributed by atoms with Crippen molar-refractivity contribution >= 4 is 38.4 Å². The van der Waals surface area contributed by atoms with Crippen molar-refractivity contribution in [2.45, 2.75) is 13.5 Å². The summed E-state index contributed by atoms with van der Waals surface area (Å²) in [6.07, 6.45) is 1.62. The molecule has 1 N–H and O–H groups in total. The van der Waals surface area contributed by atoms with Crippen LogP contribution in [0.5, 0.6) is 0 Å². The molecule has 0 saturated carbocycles. The van der Waals surface area contributed by atoms with E-state index in [4.69, 9.17) is 0 Å². The average molecular weight is 371 g/mol. The van der Waals surface area contributed by atoms with Crippen LogP contribution in [0.25, 0.3) is 10.9 Å². The molecule has 4 nitrogen and oxygen atoms in total. The molecule has 0 spiro atoms. The summed E-state index contributed by atoms with van der Waals surface area (Å²) in [5, 5.41) is 3.33. The van der Waals surface area contributed by atoms with E-state index in [2.05, 4.69) is 21.2 Å². The molecular formula is C18H15BrN2O2. The van der Waals surface area contributed by atoms with Gasteiger partial charge in [-0.2, -0.15) is 0 Å². The molecule has 0 atom stereocenters. The van der Waals surface area contributed by atoms with Gasteiger partial charge in [-0.05, 0) is 47.1 Å². The summed E-state index contributed by atoms with van der Waals surface area (Å²) in [5.41, 5.74) is 1.35. The Kier molecular flexibility index (Phi) is 4.30. The quantitative estimate of drug-likeness (QED) is 0.756. The molecular weight excluding hydrogens is 356 g/mol. The van der Waals surface area contributed by atoms with Crippen molar-refractivity contribution in [3.05, 3.63) is 75.0 Å². The Labute approximate surface area is 141 Å². The van der Waals surface area contributed by atoms with Crippen LogP contribution in [0.2, 0.25) is 0 Å². The third kappa shape index (κ3) is 2.92. The number of hydrogen-bond acceptors (Lipinski definition) is 2. The largest absolute Gasteiger partial charge is 0.347 e. The average Bonchev–Trinajstić information content (AvgIpc) is 2.57. The minimum absolute atomic E-state index is 0.140. The highest BCUT2D eigenvalue weighted by Gasteiger charge is 2.15. The normalized spacial score (nSPS) is 10.7. The topological polar surface area (TPSA) is 51.1 Å². The highest BCUT2D eigenvalue weighted by Crippen LogP contribution is 2.22. The Bertz CT molecular complexity index is 947. The van der Waals surface area contributed by atoms with Gasteiger partial charge in [-0.15, -0.1) is 0 Å². The molecule has 0 radical (unpaired) electrons. The number of aryl methyl sites for hydroxylation is 1. The Morgan fingerprint density at radius 3 is 2.57 bits per heavy atom. The van der Waals surface area contributed by atoms with Crippen LogP contribution in [0.1, 0.15) is 17.3 Å². The second kappa shape index (κ2) is 6.38. The number of halogens is 1. The van der Waals surface area contributed by atoms with Crippen molar-refractivity contribution in [3.63, 3.8) is 0 Å². The van der Waals surface area contributed by atoms with Crippen molar-refractivity contribution in [3.8, 4) is 0 Å². The van der Waals surface area contributed by atoms with Crippen molar-refractivity contribution in [1.29, 1.82) is 0 Å². The molecule has 3 rings (SSSR count). The number of carbonyl (C=O) groups excluding carboxylic acids is 1. The summed E-state index contributed by atoms with van der Waals surface area (Å²) in [4.78, 5) is 25.2. The predicted molar refractivity (Wildman–Crippen MR) is 96.0 cm³/mol. The van der Waals surface area contributed by atoms with E-state index < -0.39 is 5.91 Å². The zero-order valence-electron chi connectivity index (χ0n) is 12.5. The molecule has 3 aromatic rings. The maximum Gasteiger partial charge on any atom is 0.261 e. The van der Waals surface area contributed by atoms with Crippen LogP contribution in [0.15, 0.2) is 64.0 Å². The number of anilines is 1. The van der Waals surface area contributed by atoms with E-state index in [0.717, 1.165) is 9.99 Å². The van der Waals surface area contributed by atoms with Crippen LogP contribution in [0.3, 0.4) is 0 Å². The van der Waals surface area contributed by atoms with Crippen LogP contribution in [-0.4, -0.2) is 10.5 Å². The summed E-state index contributed by atoms with van der Waals surface area (Å²) < 4.78 is 2.68. The number of nitrogens with zero attached hydrogens (tertiary/aromatic N) is 1. The number of fused-ring (bicyclic) bond motifs is 1. The summed E-state index contributed by atoms with van der Waals surface area (Å²) in [7, 11) is 0. The van der Waals surface area contributed by atoms with E-state index in [0.29, 0.717) is 17.6 Å². The van der Waals surface area contributed by atoms with Gasteiger partial charge in [-0.3, -0.25) is 9.59 Å². The van der Waals surface area contributed by atoms with Gasteiger partial charge in [0.2, 0.25) is 5.43 Å². The molecule has 0 saturated heterocycles. The summed E-state index contributed by atoms with van der Waals surface area (Å²) in [6.45, 7) is 2.66. The van der Waals surface area contributed by atoms with Gasteiger partial charge in [-0.1, -0.05) is 24.3 Å². The maximum atomic E-state index is 12.6. The summed E-state index contributed by atoms with van der Waals surface area (Å²) >= 11 is 3.39. The van der Waals surface area contributed by atoms with E-state index >= 15 is 0 Å². The fourth-order valence-electron chi connectivity index (χ4n) is 2.52. The minimum atomic E-state index is -0.408.